The summed E-state index contributed by atoms with van der Waals surface area (Å²) >= 11 is 0. The molecule has 0 saturated heterocycles. The van der Waals surface area contributed by atoms with Crippen LogP contribution in [-0.2, 0) is 14.8 Å². The van der Waals surface area contributed by atoms with Crippen LogP contribution in [0.2, 0.25) is 0 Å². The molecule has 2 aromatic carbocycles. The minimum atomic E-state index is -4.01. The Morgan fingerprint density at radius 2 is 1.59 bits per heavy atom. The molecule has 0 saturated carbocycles. The van der Waals surface area contributed by atoms with Gasteiger partial charge in [0, 0.05) is 24.3 Å². The number of aliphatic hydroxyl groups excluding tert-OH is 1. The lowest BCUT2D eigenvalue weighted by Gasteiger charge is -2.26. The van der Waals surface area contributed by atoms with Crippen molar-refractivity contribution in [2.75, 3.05) is 13.2 Å². The van der Waals surface area contributed by atoms with Crippen molar-refractivity contribution in [1.82, 2.24) is 9.79 Å². The van der Waals surface area contributed by atoms with Gasteiger partial charge in [0.05, 0.1) is 4.90 Å². The van der Waals surface area contributed by atoms with E-state index >= 15 is 0 Å². The van der Waals surface area contributed by atoms with E-state index in [1.165, 1.54) is 24.5 Å². The van der Waals surface area contributed by atoms with Crippen LogP contribution < -0.4 is 5.48 Å². The summed E-state index contributed by atoms with van der Waals surface area (Å²) in [6.45, 7) is 3.06. The molecule has 0 aliphatic heterocycles. The maximum absolute atomic E-state index is 13.0. The number of hydrogen-bond donors (Lipinski definition) is 3. The van der Waals surface area contributed by atoms with Gasteiger partial charge in [0.25, 0.3) is 5.91 Å². The van der Waals surface area contributed by atoms with E-state index in [1.807, 2.05) is 31.2 Å². The molecule has 0 radical (unpaired) electrons. The Morgan fingerprint density at radius 3 is 2.07 bits per heavy atom. The number of benzene rings is 2. The Balaban J connectivity index is 2.27. The van der Waals surface area contributed by atoms with Gasteiger partial charge in [-0.3, -0.25) is 10.0 Å². The van der Waals surface area contributed by atoms with Crippen LogP contribution in [0, 0.1) is 18.8 Å². The third kappa shape index (κ3) is 5.89. The smallest absolute Gasteiger partial charge is 0.261 e. The van der Waals surface area contributed by atoms with Crippen molar-refractivity contribution in [2.24, 2.45) is 0 Å². The highest BCUT2D eigenvalue weighted by Crippen LogP contribution is 2.19. The molecule has 0 aliphatic carbocycles. The van der Waals surface area contributed by atoms with Gasteiger partial charge in [-0.25, -0.2) is 13.9 Å². The third-order valence-corrected chi connectivity index (χ3v) is 6.31. The van der Waals surface area contributed by atoms with E-state index < -0.39 is 22.0 Å². The number of carbonyl (C=O) groups excluding carboxylic acids is 1. The number of nitrogens with one attached hydrogen (secondary N) is 1. The lowest BCUT2D eigenvalue weighted by molar-refractivity contribution is -0.132. The number of rotatable bonds is 7. The Kier molecular flexibility index (Phi) is 7.93. The second-order valence-electron chi connectivity index (χ2n) is 6.49. The first-order chi connectivity index (χ1) is 13.8. The number of aliphatic hydroxyl groups is 1. The van der Waals surface area contributed by atoms with Crippen LogP contribution in [0.15, 0.2) is 53.4 Å². The Morgan fingerprint density at radius 1 is 1.07 bits per heavy atom. The average molecular weight is 416 g/mol. The van der Waals surface area contributed by atoms with Gasteiger partial charge in [-0.1, -0.05) is 29.5 Å². The van der Waals surface area contributed by atoms with Crippen LogP contribution in [0.1, 0.15) is 30.0 Å². The zero-order valence-electron chi connectivity index (χ0n) is 16.3. The number of carbonyl (C=O) groups is 1. The van der Waals surface area contributed by atoms with Crippen LogP contribution >= 0.6 is 0 Å². The van der Waals surface area contributed by atoms with E-state index in [1.54, 1.807) is 12.1 Å². The molecule has 0 aromatic heterocycles. The van der Waals surface area contributed by atoms with Crippen LogP contribution in [-0.4, -0.2) is 48.1 Å². The average Bonchev–Trinajstić information content (AvgIpc) is 2.73. The second-order valence-corrected chi connectivity index (χ2v) is 8.38. The highest BCUT2D eigenvalue weighted by molar-refractivity contribution is 7.89. The largest absolute Gasteiger partial charge is 0.396 e. The summed E-state index contributed by atoms with van der Waals surface area (Å²) in [6.07, 6.45) is 0.155. The topological polar surface area (TPSA) is 107 Å². The molecule has 7 nitrogen and oxygen atoms in total. The van der Waals surface area contributed by atoms with E-state index in [0.29, 0.717) is 5.56 Å². The maximum atomic E-state index is 13.0. The number of aryl methyl sites for hydroxylation is 1. The molecule has 2 aromatic rings. The van der Waals surface area contributed by atoms with Gasteiger partial charge in [0.1, 0.15) is 6.04 Å². The van der Waals surface area contributed by atoms with E-state index in [9.17, 15) is 13.2 Å². The molecule has 0 unspecified atom stereocenters. The van der Waals surface area contributed by atoms with Crippen LogP contribution in [0.25, 0.3) is 0 Å². The first-order valence-electron chi connectivity index (χ1n) is 9.05. The fraction of sp³-hybridized carbons (Fsp3) is 0.286. The summed E-state index contributed by atoms with van der Waals surface area (Å²) < 4.78 is 26.9. The van der Waals surface area contributed by atoms with Gasteiger partial charge in [-0.05, 0) is 56.7 Å². The Labute approximate surface area is 171 Å². The van der Waals surface area contributed by atoms with Crippen molar-refractivity contribution >= 4 is 15.9 Å². The first-order valence-corrected chi connectivity index (χ1v) is 10.5. The minimum absolute atomic E-state index is 0.00563. The van der Waals surface area contributed by atoms with Crippen molar-refractivity contribution in [1.29, 1.82) is 0 Å². The SMILES string of the molecule is Cc1ccc(C#Cc2ccc(S(=O)(=O)N(CCCO)[C@H](C)C(=O)NO)cc2)cc1. The molecule has 0 fully saturated rings. The molecule has 8 heteroatoms. The zero-order chi connectivity index (χ0) is 21.4. The quantitative estimate of drug-likeness (QED) is 0.362. The fourth-order valence-electron chi connectivity index (χ4n) is 2.60. The maximum Gasteiger partial charge on any atom is 0.261 e. The molecule has 2 rings (SSSR count). The summed E-state index contributed by atoms with van der Waals surface area (Å²) in [7, 11) is -4.01. The van der Waals surface area contributed by atoms with Crippen LogP contribution in [0.4, 0.5) is 0 Å². The fourth-order valence-corrected chi connectivity index (χ4v) is 4.23. The summed E-state index contributed by atoms with van der Waals surface area (Å²) in [5.41, 5.74) is 4.10. The van der Waals surface area contributed by atoms with E-state index in [-0.39, 0.29) is 24.5 Å². The predicted octanol–water partition coefficient (Wildman–Crippen LogP) is 1.66. The lowest BCUT2D eigenvalue weighted by Crippen LogP contribution is -2.47. The number of hydroxylamine groups is 1. The van der Waals surface area contributed by atoms with Crippen molar-refractivity contribution in [3.63, 3.8) is 0 Å². The Bertz CT molecular complexity index is 990. The molecule has 1 amide bonds. The number of nitrogens with zero attached hydrogens (tertiary/aromatic N) is 1. The van der Waals surface area contributed by atoms with Gasteiger partial charge in [-0.15, -0.1) is 0 Å². The minimum Gasteiger partial charge on any atom is -0.396 e. The number of sulfonamides is 1. The molecule has 29 heavy (non-hydrogen) atoms. The van der Waals surface area contributed by atoms with E-state index in [4.69, 9.17) is 10.3 Å². The highest BCUT2D eigenvalue weighted by atomic mass is 32.2. The van der Waals surface area contributed by atoms with Gasteiger partial charge < -0.3 is 5.11 Å². The summed E-state index contributed by atoms with van der Waals surface area (Å²) in [6, 6.07) is 12.6. The van der Waals surface area contributed by atoms with Crippen molar-refractivity contribution in [3.05, 3.63) is 65.2 Å². The zero-order valence-corrected chi connectivity index (χ0v) is 17.1. The molecule has 0 aliphatic rings. The van der Waals surface area contributed by atoms with Crippen molar-refractivity contribution < 1.29 is 23.5 Å². The van der Waals surface area contributed by atoms with Gasteiger partial charge in [0.15, 0.2) is 0 Å². The van der Waals surface area contributed by atoms with Gasteiger partial charge in [-0.2, -0.15) is 4.31 Å². The van der Waals surface area contributed by atoms with E-state index in [2.05, 4.69) is 11.8 Å². The number of hydrogen-bond acceptors (Lipinski definition) is 5. The normalized spacial score (nSPS) is 12.2. The molecule has 0 heterocycles. The standard InChI is InChI=1S/C21H24N2O5S/c1-16-4-6-18(7-5-16)8-9-19-10-12-20(13-11-19)29(27,28)23(14-3-15-24)17(2)21(25)22-26/h4-7,10-13,17,24,26H,3,14-15H2,1-2H3,(H,22,25)/t17-/m1/s1. The first kappa shape index (κ1) is 22.6. The number of amides is 1. The lowest BCUT2D eigenvalue weighted by atomic mass is 10.1. The third-order valence-electron chi connectivity index (χ3n) is 4.32. The molecular weight excluding hydrogens is 392 g/mol. The molecular formula is C21H24N2O5S. The second kappa shape index (κ2) is 10.2. The molecule has 3 N–H and O–H groups in total. The predicted molar refractivity (Wildman–Crippen MR) is 109 cm³/mol. The summed E-state index contributed by atoms with van der Waals surface area (Å²) in [4.78, 5) is 11.7. The molecule has 1 atom stereocenters. The van der Waals surface area contributed by atoms with Crippen molar-refractivity contribution in [2.45, 2.75) is 31.2 Å². The van der Waals surface area contributed by atoms with E-state index in [0.717, 1.165) is 15.4 Å². The summed E-state index contributed by atoms with van der Waals surface area (Å²) in [5, 5.41) is 17.9. The Hall–Kier alpha value is -2.70. The highest BCUT2D eigenvalue weighted by Gasteiger charge is 2.32. The molecule has 154 valence electrons. The van der Waals surface area contributed by atoms with Crippen molar-refractivity contribution in [3.8, 4) is 11.8 Å². The monoisotopic (exact) mass is 416 g/mol. The van der Waals surface area contributed by atoms with Gasteiger partial charge >= 0.3 is 0 Å². The molecule has 0 bridgehead atoms. The van der Waals surface area contributed by atoms with Crippen LogP contribution in [0.5, 0.6) is 0 Å². The van der Waals surface area contributed by atoms with Gasteiger partial charge in [0.2, 0.25) is 10.0 Å². The summed E-state index contributed by atoms with van der Waals surface area (Å²) in [5.74, 6) is 5.15. The molecule has 0 spiro atoms. The van der Waals surface area contributed by atoms with Crippen LogP contribution in [0.3, 0.4) is 0 Å².